The second-order valence-corrected chi connectivity index (χ2v) is 5.25. The summed E-state index contributed by atoms with van der Waals surface area (Å²) in [6.45, 7) is 5.18. The summed E-state index contributed by atoms with van der Waals surface area (Å²) in [6, 6.07) is 7.27. The van der Waals surface area contributed by atoms with E-state index in [2.05, 4.69) is 25.5 Å². The number of nitrogens with one attached hydrogen (secondary N) is 2. The normalized spacial score (nSPS) is 10.7. The molecule has 0 aliphatic heterocycles. The van der Waals surface area contributed by atoms with E-state index in [0.717, 1.165) is 17.1 Å². The Labute approximate surface area is 133 Å². The van der Waals surface area contributed by atoms with Crippen LogP contribution in [0, 0.1) is 13.8 Å². The molecular weight excluding hydrogens is 292 g/mol. The highest BCUT2D eigenvalue weighted by Gasteiger charge is 2.11. The van der Waals surface area contributed by atoms with Gasteiger partial charge in [-0.1, -0.05) is 6.07 Å². The Morgan fingerprint density at radius 3 is 2.83 bits per heavy atom. The Balaban J connectivity index is 1.59. The number of nitrogens with zero attached hydrogens (tertiary/aromatic N) is 4. The molecule has 2 N–H and O–H groups in total. The number of aromatic nitrogens is 5. The number of hydrogen-bond acceptors (Lipinski definition) is 4. The number of imidazole rings is 1. The van der Waals surface area contributed by atoms with Crippen LogP contribution in [0.3, 0.4) is 0 Å². The lowest BCUT2D eigenvalue weighted by Gasteiger charge is -2.06. The Morgan fingerprint density at radius 2 is 2.13 bits per heavy atom. The molecule has 1 amide bonds. The highest BCUT2D eigenvalue weighted by Crippen LogP contribution is 2.13. The van der Waals surface area contributed by atoms with Crippen LogP contribution in [0.15, 0.2) is 36.8 Å². The van der Waals surface area contributed by atoms with Gasteiger partial charge < -0.3 is 9.88 Å². The summed E-state index contributed by atoms with van der Waals surface area (Å²) in [7, 11) is 0. The fraction of sp³-hybridized carbons (Fsp3) is 0.250. The minimum Gasteiger partial charge on any atom is -0.349 e. The fourth-order valence-corrected chi connectivity index (χ4v) is 2.24. The van der Waals surface area contributed by atoms with Gasteiger partial charge in [0.05, 0.1) is 17.7 Å². The van der Waals surface area contributed by atoms with Crippen LogP contribution in [0.1, 0.15) is 21.9 Å². The molecule has 0 unspecified atom stereocenters. The quantitative estimate of drug-likeness (QED) is 0.751. The number of aromatic amines is 1. The van der Waals surface area contributed by atoms with Crippen LogP contribution in [0.5, 0.6) is 0 Å². The van der Waals surface area contributed by atoms with Crippen LogP contribution in [-0.4, -0.2) is 37.2 Å². The molecule has 3 aromatic heterocycles. The second-order valence-electron chi connectivity index (χ2n) is 5.25. The van der Waals surface area contributed by atoms with Crippen LogP contribution in [0.25, 0.3) is 11.4 Å². The summed E-state index contributed by atoms with van der Waals surface area (Å²) < 4.78 is 2.02. The maximum Gasteiger partial charge on any atom is 0.269 e. The predicted molar refractivity (Wildman–Crippen MR) is 85.9 cm³/mol. The Kier molecular flexibility index (Phi) is 4.18. The zero-order valence-corrected chi connectivity index (χ0v) is 13.1. The minimum absolute atomic E-state index is 0.186. The van der Waals surface area contributed by atoms with E-state index in [1.807, 2.05) is 36.6 Å². The first-order valence-corrected chi connectivity index (χ1v) is 7.38. The van der Waals surface area contributed by atoms with Crippen LogP contribution in [0.4, 0.5) is 0 Å². The maximum atomic E-state index is 12.1. The lowest BCUT2D eigenvalue weighted by atomic mass is 10.2. The van der Waals surface area contributed by atoms with Crippen molar-refractivity contribution >= 4 is 5.91 Å². The van der Waals surface area contributed by atoms with Crippen LogP contribution in [0.2, 0.25) is 0 Å². The molecule has 23 heavy (non-hydrogen) atoms. The zero-order valence-electron chi connectivity index (χ0n) is 13.1. The number of carbonyl (C=O) groups excluding carboxylic acids is 1. The van der Waals surface area contributed by atoms with Crippen molar-refractivity contribution in [2.45, 2.75) is 20.4 Å². The average molecular weight is 310 g/mol. The third-order valence-electron chi connectivity index (χ3n) is 3.73. The van der Waals surface area contributed by atoms with Gasteiger partial charge in [0.15, 0.2) is 0 Å². The molecule has 7 heteroatoms. The summed E-state index contributed by atoms with van der Waals surface area (Å²) in [5.41, 5.74) is 3.91. The number of rotatable bonds is 5. The molecule has 3 heterocycles. The van der Waals surface area contributed by atoms with Gasteiger partial charge in [-0.05, 0) is 32.0 Å². The van der Waals surface area contributed by atoms with E-state index in [9.17, 15) is 4.79 Å². The van der Waals surface area contributed by atoms with E-state index in [0.29, 0.717) is 24.5 Å². The largest absolute Gasteiger partial charge is 0.349 e. The topological polar surface area (TPSA) is 88.5 Å². The minimum atomic E-state index is -0.186. The van der Waals surface area contributed by atoms with Crippen molar-refractivity contribution < 1.29 is 4.79 Å². The number of pyridine rings is 1. The van der Waals surface area contributed by atoms with Gasteiger partial charge in [0.25, 0.3) is 5.91 Å². The van der Waals surface area contributed by atoms with Gasteiger partial charge in [-0.15, -0.1) is 0 Å². The molecule has 0 radical (unpaired) electrons. The van der Waals surface area contributed by atoms with Crippen molar-refractivity contribution in [3.8, 4) is 11.4 Å². The molecule has 0 saturated heterocycles. The Bertz CT molecular complexity index is 805. The van der Waals surface area contributed by atoms with Crippen molar-refractivity contribution in [2.75, 3.05) is 6.54 Å². The van der Waals surface area contributed by atoms with Gasteiger partial charge in [-0.2, -0.15) is 5.10 Å². The molecule has 3 aromatic rings. The lowest BCUT2D eigenvalue weighted by Crippen LogP contribution is -2.27. The van der Waals surface area contributed by atoms with E-state index in [4.69, 9.17) is 0 Å². The molecule has 0 fully saturated rings. The van der Waals surface area contributed by atoms with E-state index in [1.54, 1.807) is 18.6 Å². The van der Waals surface area contributed by atoms with Crippen LogP contribution < -0.4 is 5.32 Å². The summed E-state index contributed by atoms with van der Waals surface area (Å²) in [5.74, 6) is -0.186. The lowest BCUT2D eigenvalue weighted by molar-refractivity contribution is 0.0947. The number of hydrogen-bond donors (Lipinski definition) is 2. The van der Waals surface area contributed by atoms with E-state index < -0.39 is 0 Å². The molecule has 0 aliphatic carbocycles. The first-order chi connectivity index (χ1) is 11.1. The second kappa shape index (κ2) is 6.43. The van der Waals surface area contributed by atoms with Crippen LogP contribution in [-0.2, 0) is 6.54 Å². The predicted octanol–water partition coefficient (Wildman–Crippen LogP) is 1.72. The van der Waals surface area contributed by atoms with Gasteiger partial charge in [0.2, 0.25) is 0 Å². The summed E-state index contributed by atoms with van der Waals surface area (Å²) in [5, 5.41) is 9.74. The molecule has 0 aromatic carbocycles. The highest BCUT2D eigenvalue weighted by molar-refractivity contribution is 5.93. The van der Waals surface area contributed by atoms with Crippen molar-refractivity contribution in [1.29, 1.82) is 0 Å². The fourth-order valence-electron chi connectivity index (χ4n) is 2.24. The van der Waals surface area contributed by atoms with Gasteiger partial charge >= 0.3 is 0 Å². The molecule has 0 spiro atoms. The highest BCUT2D eigenvalue weighted by atomic mass is 16.1. The standard InChI is InChI=1S/C16H18N6O/c1-11-12(2)22(10-19-11)8-7-18-16(23)15-9-14(20-21-15)13-5-3-4-6-17-13/h3-6,9-10H,7-8H2,1-2H3,(H,18,23)(H,20,21). The first-order valence-electron chi connectivity index (χ1n) is 7.38. The molecule has 0 saturated carbocycles. The van der Waals surface area contributed by atoms with Gasteiger partial charge in [-0.25, -0.2) is 4.98 Å². The van der Waals surface area contributed by atoms with Crippen molar-refractivity contribution in [3.63, 3.8) is 0 Å². The zero-order chi connectivity index (χ0) is 16.2. The summed E-state index contributed by atoms with van der Waals surface area (Å²) >= 11 is 0. The molecule has 0 bridgehead atoms. The van der Waals surface area contributed by atoms with Crippen LogP contribution >= 0.6 is 0 Å². The molecule has 118 valence electrons. The maximum absolute atomic E-state index is 12.1. The monoisotopic (exact) mass is 310 g/mol. The van der Waals surface area contributed by atoms with Gasteiger partial charge in [0.1, 0.15) is 11.4 Å². The molecule has 7 nitrogen and oxygen atoms in total. The SMILES string of the molecule is Cc1ncn(CCNC(=O)c2cc(-c3ccccn3)n[nH]2)c1C. The molecular formula is C16H18N6O. The van der Waals surface area contributed by atoms with Crippen molar-refractivity contribution in [1.82, 2.24) is 30.0 Å². The smallest absolute Gasteiger partial charge is 0.269 e. The van der Waals surface area contributed by atoms with E-state index in [-0.39, 0.29) is 5.91 Å². The first kappa shape index (κ1) is 15.0. The third-order valence-corrected chi connectivity index (χ3v) is 3.73. The number of carbonyl (C=O) groups is 1. The number of amides is 1. The molecule has 0 atom stereocenters. The number of H-pyrrole nitrogens is 1. The van der Waals surface area contributed by atoms with Gasteiger partial charge in [0, 0.05) is 25.0 Å². The van der Waals surface area contributed by atoms with Gasteiger partial charge in [-0.3, -0.25) is 14.9 Å². The van der Waals surface area contributed by atoms with E-state index >= 15 is 0 Å². The average Bonchev–Trinajstić information content (AvgIpc) is 3.18. The summed E-state index contributed by atoms with van der Waals surface area (Å²) in [4.78, 5) is 20.6. The third kappa shape index (κ3) is 3.28. The Morgan fingerprint density at radius 1 is 1.26 bits per heavy atom. The Hall–Kier alpha value is -2.96. The molecule has 0 aliphatic rings. The summed E-state index contributed by atoms with van der Waals surface area (Å²) in [6.07, 6.45) is 3.48. The van der Waals surface area contributed by atoms with Crippen molar-refractivity contribution in [2.24, 2.45) is 0 Å². The molecule has 3 rings (SSSR count). The number of aryl methyl sites for hydroxylation is 1. The van der Waals surface area contributed by atoms with E-state index in [1.165, 1.54) is 0 Å². The van der Waals surface area contributed by atoms with Crippen molar-refractivity contribution in [3.05, 3.63) is 53.9 Å².